The Balaban J connectivity index is 0.000000515. The van der Waals surface area contributed by atoms with Gasteiger partial charge >= 0.3 is 11.5 Å². The number of aromatic nitrogens is 1. The number of nitrogens with zero attached hydrogens (tertiary/aromatic N) is 1. The van der Waals surface area contributed by atoms with Crippen LogP contribution >= 0.6 is 0 Å². The second-order valence-electron chi connectivity index (χ2n) is 3.78. The molecule has 0 amide bonds. The lowest BCUT2D eigenvalue weighted by Crippen LogP contribution is -2.39. The first kappa shape index (κ1) is 20.9. The molecule has 0 aliphatic heterocycles. The maximum atomic E-state index is 11.4. The molecule has 11 heteroatoms. The molecule has 0 unspecified atom stereocenters. The van der Waals surface area contributed by atoms with Crippen LogP contribution in [0.15, 0.2) is 31.0 Å². The van der Waals surface area contributed by atoms with Crippen LogP contribution in [0.3, 0.4) is 0 Å². The first-order valence-electron chi connectivity index (χ1n) is 5.76. The number of carbonyl (C=O) groups is 1. The van der Waals surface area contributed by atoms with Crippen LogP contribution in [0, 0.1) is 0 Å². The van der Waals surface area contributed by atoms with Gasteiger partial charge in [0.05, 0.1) is 20.3 Å². The summed E-state index contributed by atoms with van der Waals surface area (Å²) >= 11 is 0. The number of methoxy groups -OCH3 is 2. The van der Waals surface area contributed by atoms with E-state index in [-0.39, 0.29) is 0 Å². The van der Waals surface area contributed by atoms with Gasteiger partial charge in [-0.25, -0.2) is 13.2 Å². The van der Waals surface area contributed by atoms with Crippen molar-refractivity contribution in [2.75, 3.05) is 14.2 Å². The van der Waals surface area contributed by atoms with Crippen molar-refractivity contribution in [2.45, 2.75) is 12.1 Å². The number of carbonyl (C=O) groups excluding carboxylic acids is 1. The summed E-state index contributed by atoms with van der Waals surface area (Å²) in [6.07, 6.45) is 3.46. The van der Waals surface area contributed by atoms with Crippen LogP contribution < -0.4 is 9.30 Å². The van der Waals surface area contributed by atoms with Gasteiger partial charge in [0.2, 0.25) is 0 Å². The van der Waals surface area contributed by atoms with Gasteiger partial charge in [0.1, 0.15) is 5.75 Å². The van der Waals surface area contributed by atoms with Gasteiger partial charge in [-0.1, -0.05) is 6.58 Å². The van der Waals surface area contributed by atoms with Crippen molar-refractivity contribution in [2.24, 2.45) is 0 Å². The summed E-state index contributed by atoms with van der Waals surface area (Å²) in [5, 5.41) is 0. The fourth-order valence-corrected chi connectivity index (χ4v) is 1.22. The molecule has 7 nitrogen and oxygen atoms in total. The zero-order valence-electron chi connectivity index (χ0n) is 12.2. The van der Waals surface area contributed by atoms with Gasteiger partial charge in [-0.05, 0) is 6.08 Å². The van der Waals surface area contributed by atoms with E-state index in [1.165, 1.54) is 7.11 Å². The molecule has 0 radical (unpaired) electrons. The summed E-state index contributed by atoms with van der Waals surface area (Å²) in [5.74, 6) is 0.228. The van der Waals surface area contributed by atoms with E-state index in [0.29, 0.717) is 18.0 Å². The second kappa shape index (κ2) is 8.48. The van der Waals surface area contributed by atoms with Crippen LogP contribution in [-0.2, 0) is 21.4 Å². The minimum Gasteiger partial charge on any atom is -0.741 e. The highest BCUT2D eigenvalue weighted by Gasteiger charge is 2.36. The lowest BCUT2D eigenvalue weighted by atomic mass is 10.3. The first-order valence-corrected chi connectivity index (χ1v) is 7.17. The summed E-state index contributed by atoms with van der Waals surface area (Å²) in [7, 11) is -3.19. The number of ether oxygens (including phenoxy) is 2. The average Bonchev–Trinajstić information content (AvgIpc) is 2.45. The number of alkyl halides is 3. The molecule has 0 fully saturated rings. The maximum absolute atomic E-state index is 11.4. The molecular weight excluding hydrogens is 343 g/mol. The molecule has 0 aliphatic rings. The summed E-state index contributed by atoms with van der Waals surface area (Å²) in [5.41, 5.74) is -5.20. The van der Waals surface area contributed by atoms with E-state index in [1.807, 2.05) is 0 Å². The van der Waals surface area contributed by atoms with Crippen LogP contribution in [0.1, 0.15) is 10.5 Å². The average molecular weight is 357 g/mol. The highest BCUT2D eigenvalue weighted by atomic mass is 32.2. The zero-order valence-corrected chi connectivity index (χ0v) is 13.0. The molecule has 0 aromatic carbocycles. The predicted molar refractivity (Wildman–Crippen MR) is 70.5 cm³/mol. The Hall–Kier alpha value is -2.14. The molecule has 0 saturated carbocycles. The fraction of sp³-hybridized carbons (Fsp3) is 0.333. The quantitative estimate of drug-likeness (QED) is 0.262. The van der Waals surface area contributed by atoms with E-state index in [2.05, 4.69) is 11.3 Å². The van der Waals surface area contributed by atoms with Gasteiger partial charge in [0, 0.05) is 6.07 Å². The van der Waals surface area contributed by atoms with Gasteiger partial charge in [0.25, 0.3) is 5.69 Å². The van der Waals surface area contributed by atoms with E-state index in [9.17, 15) is 18.0 Å². The molecule has 0 bridgehead atoms. The van der Waals surface area contributed by atoms with Crippen molar-refractivity contribution >= 4 is 16.1 Å². The Bertz CT molecular complexity index is 657. The molecule has 0 N–H and O–H groups in total. The molecule has 1 aromatic rings. The molecule has 1 aromatic heterocycles. The number of allylic oxidation sites excluding steroid dienone is 1. The SMILES string of the molecule is C=CC[n+]1ccc(OC)cc1C(=O)OC.O=S(=O)([O-])C(F)(F)F. The Morgan fingerprint density at radius 2 is 1.96 bits per heavy atom. The van der Waals surface area contributed by atoms with Crippen LogP contribution in [0.25, 0.3) is 0 Å². The lowest BCUT2D eigenvalue weighted by molar-refractivity contribution is -0.689. The summed E-state index contributed by atoms with van der Waals surface area (Å²) < 4.78 is 70.3. The lowest BCUT2D eigenvalue weighted by Gasteiger charge is -2.08. The van der Waals surface area contributed by atoms with Crippen molar-refractivity contribution in [1.82, 2.24) is 0 Å². The van der Waals surface area contributed by atoms with Gasteiger partial charge in [-0.3, -0.25) is 0 Å². The van der Waals surface area contributed by atoms with Crippen LogP contribution in [0.4, 0.5) is 13.2 Å². The smallest absolute Gasteiger partial charge is 0.485 e. The van der Waals surface area contributed by atoms with Gasteiger partial charge < -0.3 is 14.0 Å². The third kappa shape index (κ3) is 6.65. The van der Waals surface area contributed by atoms with Crippen molar-refractivity contribution in [3.63, 3.8) is 0 Å². The van der Waals surface area contributed by atoms with Gasteiger partial charge in [0.15, 0.2) is 22.9 Å². The Morgan fingerprint density at radius 1 is 1.43 bits per heavy atom. The van der Waals surface area contributed by atoms with Crippen LogP contribution in [0.2, 0.25) is 0 Å². The maximum Gasteiger partial charge on any atom is 0.485 e. The first-order chi connectivity index (χ1) is 10.5. The normalized spacial score (nSPS) is 11.0. The molecule has 23 heavy (non-hydrogen) atoms. The van der Waals surface area contributed by atoms with Crippen LogP contribution in [-0.4, -0.2) is 38.7 Å². The molecular formula is C12H14F3NO6S. The Labute approximate surface area is 130 Å². The van der Waals surface area contributed by atoms with Gasteiger partial charge in [-0.15, -0.1) is 0 Å². The Morgan fingerprint density at radius 3 is 2.30 bits per heavy atom. The number of halogens is 3. The zero-order chi connectivity index (χ0) is 18.3. The highest BCUT2D eigenvalue weighted by Crippen LogP contribution is 2.20. The number of pyridine rings is 1. The van der Waals surface area contributed by atoms with Crippen LogP contribution in [0.5, 0.6) is 5.75 Å². The molecule has 0 atom stereocenters. The number of hydrogen-bond donors (Lipinski definition) is 0. The summed E-state index contributed by atoms with van der Waals surface area (Å²) in [4.78, 5) is 11.4. The largest absolute Gasteiger partial charge is 0.741 e. The summed E-state index contributed by atoms with van der Waals surface area (Å²) in [6, 6.07) is 3.41. The molecule has 1 rings (SSSR count). The molecule has 0 saturated heterocycles. The second-order valence-corrected chi connectivity index (χ2v) is 5.16. The fourth-order valence-electron chi connectivity index (χ4n) is 1.22. The topological polar surface area (TPSA) is 96.6 Å². The monoisotopic (exact) mass is 357 g/mol. The number of hydrogen-bond acceptors (Lipinski definition) is 6. The van der Waals surface area contributed by atoms with Crippen molar-refractivity contribution in [3.8, 4) is 5.75 Å². The van der Waals surface area contributed by atoms with Gasteiger partial charge in [-0.2, -0.15) is 17.7 Å². The van der Waals surface area contributed by atoms with E-state index in [4.69, 9.17) is 17.7 Å². The molecule has 0 aliphatic carbocycles. The standard InChI is InChI=1S/C11H14NO3.CHF3O3S/c1-4-6-12-7-5-9(14-2)8-10(12)11(13)15-3;2-1(3,4)8(5,6)7/h4-5,7-8H,1,6H2,2-3H3;(H,5,6,7)/q+1;/p-1. The van der Waals surface area contributed by atoms with Crippen molar-refractivity contribution < 1.29 is 45.0 Å². The molecule has 130 valence electrons. The minimum atomic E-state index is -6.09. The minimum absolute atomic E-state index is 0.393. The third-order valence-corrected chi connectivity index (χ3v) is 2.81. The molecule has 0 spiro atoms. The third-order valence-electron chi connectivity index (χ3n) is 2.25. The van der Waals surface area contributed by atoms with E-state index >= 15 is 0 Å². The Kier molecular flexibility index (Phi) is 7.69. The number of esters is 1. The summed E-state index contributed by atoms with van der Waals surface area (Å²) in [6.45, 7) is 4.17. The number of rotatable bonds is 4. The van der Waals surface area contributed by atoms with Crippen molar-refractivity contribution in [1.29, 1.82) is 0 Å². The van der Waals surface area contributed by atoms with Crippen molar-refractivity contribution in [3.05, 3.63) is 36.7 Å². The highest BCUT2D eigenvalue weighted by molar-refractivity contribution is 7.86. The predicted octanol–water partition coefficient (Wildman–Crippen LogP) is 1.01. The van der Waals surface area contributed by atoms with E-state index in [1.54, 1.807) is 36.1 Å². The van der Waals surface area contributed by atoms with E-state index < -0.39 is 21.6 Å². The molecule has 1 heterocycles. The van der Waals surface area contributed by atoms with E-state index in [0.717, 1.165) is 0 Å².